The molecule has 0 spiro atoms. The first kappa shape index (κ1) is 19.2. The highest BCUT2D eigenvalue weighted by atomic mass is 16.1. The van der Waals surface area contributed by atoms with Gasteiger partial charge in [-0.2, -0.15) is 0 Å². The monoisotopic (exact) mass is 309 g/mol. The zero-order valence-electron chi connectivity index (χ0n) is 14.3. The van der Waals surface area contributed by atoms with Crippen molar-refractivity contribution >= 4 is 5.91 Å². The summed E-state index contributed by atoms with van der Waals surface area (Å²) in [5.41, 5.74) is 5.78. The van der Waals surface area contributed by atoms with E-state index in [0.717, 1.165) is 31.7 Å². The van der Waals surface area contributed by atoms with Crippen molar-refractivity contribution in [3.8, 4) is 0 Å². The number of nitrogens with two attached hydrogens (primary N) is 1. The molecule has 4 N–H and O–H groups in total. The predicted octanol–water partition coefficient (Wildman–Crippen LogP) is 2.73. The van der Waals surface area contributed by atoms with E-state index in [0.29, 0.717) is 19.0 Å². The Kier molecular flexibility index (Phi) is 10.2. The summed E-state index contributed by atoms with van der Waals surface area (Å²) in [6.07, 6.45) is 12.2. The molecule has 1 amide bonds. The second-order valence-electron chi connectivity index (χ2n) is 6.66. The van der Waals surface area contributed by atoms with Gasteiger partial charge in [0.1, 0.15) is 0 Å². The zero-order valence-corrected chi connectivity index (χ0v) is 14.3. The van der Waals surface area contributed by atoms with E-state index in [1.165, 1.54) is 32.1 Å². The molecule has 1 rings (SSSR count). The van der Waals surface area contributed by atoms with E-state index in [1.54, 1.807) is 0 Å². The number of nitrogens with one attached hydrogen (secondary N) is 2. The molecule has 0 aliphatic heterocycles. The average Bonchev–Trinajstić information content (AvgIpc) is 2.56. The van der Waals surface area contributed by atoms with Gasteiger partial charge in [0.25, 0.3) is 0 Å². The Morgan fingerprint density at radius 2 is 2.09 bits per heavy atom. The third kappa shape index (κ3) is 8.54. The van der Waals surface area contributed by atoms with Crippen LogP contribution in [0, 0.1) is 5.92 Å². The van der Waals surface area contributed by atoms with Crippen molar-refractivity contribution in [3.63, 3.8) is 0 Å². The fourth-order valence-corrected chi connectivity index (χ4v) is 3.12. The Hall–Kier alpha value is -0.870. The van der Waals surface area contributed by atoms with Crippen LogP contribution in [0.5, 0.6) is 0 Å². The molecule has 0 radical (unpaired) electrons. The van der Waals surface area contributed by atoms with Gasteiger partial charge < -0.3 is 16.4 Å². The summed E-state index contributed by atoms with van der Waals surface area (Å²) in [4.78, 5) is 12.0. The maximum absolute atomic E-state index is 12.0. The van der Waals surface area contributed by atoms with E-state index in [4.69, 9.17) is 5.73 Å². The molecule has 1 saturated carbocycles. The van der Waals surface area contributed by atoms with Crippen LogP contribution in [0.3, 0.4) is 0 Å². The van der Waals surface area contributed by atoms with Gasteiger partial charge in [0.2, 0.25) is 5.91 Å². The van der Waals surface area contributed by atoms with Crippen molar-refractivity contribution in [1.29, 1.82) is 0 Å². The van der Waals surface area contributed by atoms with Crippen LogP contribution in [0.2, 0.25) is 0 Å². The normalized spacial score (nSPS) is 18.6. The molecule has 2 unspecified atom stereocenters. The summed E-state index contributed by atoms with van der Waals surface area (Å²) in [7, 11) is 0. The van der Waals surface area contributed by atoms with E-state index in [-0.39, 0.29) is 11.9 Å². The van der Waals surface area contributed by atoms with Gasteiger partial charge in [-0.3, -0.25) is 4.79 Å². The maximum Gasteiger partial charge on any atom is 0.220 e. The molecule has 0 aromatic heterocycles. The minimum Gasteiger partial charge on any atom is -0.352 e. The molecule has 0 aromatic carbocycles. The molecule has 0 bridgehead atoms. The quantitative estimate of drug-likeness (QED) is 0.406. The van der Waals surface area contributed by atoms with Gasteiger partial charge in [0.05, 0.1) is 0 Å². The molecule has 4 heteroatoms. The molecule has 1 fully saturated rings. The molecule has 1 aliphatic rings. The molecule has 0 aromatic rings. The second-order valence-corrected chi connectivity index (χ2v) is 6.66. The van der Waals surface area contributed by atoms with Gasteiger partial charge in [-0.15, -0.1) is 6.58 Å². The third-order valence-corrected chi connectivity index (χ3v) is 4.70. The fourth-order valence-electron chi connectivity index (χ4n) is 3.12. The molecule has 1 aliphatic carbocycles. The highest BCUT2D eigenvalue weighted by Crippen LogP contribution is 2.27. The van der Waals surface area contributed by atoms with Crippen LogP contribution >= 0.6 is 0 Å². The van der Waals surface area contributed by atoms with Gasteiger partial charge in [0.15, 0.2) is 0 Å². The summed E-state index contributed by atoms with van der Waals surface area (Å²) >= 11 is 0. The fraction of sp³-hybridized carbons (Fsp3) is 0.833. The molecule has 0 saturated heterocycles. The van der Waals surface area contributed by atoms with Crippen LogP contribution in [0.4, 0.5) is 0 Å². The number of hydrogen-bond acceptors (Lipinski definition) is 3. The SMILES string of the molecule is C=CC(C)NCCCC(CN)NC(=O)CCC1CCCCC1. The van der Waals surface area contributed by atoms with Gasteiger partial charge in [-0.1, -0.05) is 38.2 Å². The van der Waals surface area contributed by atoms with Gasteiger partial charge in [0, 0.05) is 25.0 Å². The molecule has 4 nitrogen and oxygen atoms in total. The van der Waals surface area contributed by atoms with Crippen LogP contribution in [-0.2, 0) is 4.79 Å². The molecular weight excluding hydrogens is 274 g/mol. The van der Waals surface area contributed by atoms with Crippen LogP contribution < -0.4 is 16.4 Å². The Morgan fingerprint density at radius 1 is 1.36 bits per heavy atom. The Labute approximate surface area is 136 Å². The lowest BCUT2D eigenvalue weighted by atomic mass is 9.86. The standard InChI is InChI=1S/C18H35N3O/c1-3-15(2)20-13-7-10-17(14-19)21-18(22)12-11-16-8-5-4-6-9-16/h3,15-17,20H,1,4-14,19H2,2H3,(H,21,22). The molecular formula is C18H35N3O. The molecule has 0 heterocycles. The van der Waals surface area contributed by atoms with Gasteiger partial charge in [-0.05, 0) is 38.6 Å². The largest absolute Gasteiger partial charge is 0.352 e. The van der Waals surface area contributed by atoms with E-state index >= 15 is 0 Å². The number of rotatable bonds is 11. The van der Waals surface area contributed by atoms with Crippen LogP contribution in [0.15, 0.2) is 12.7 Å². The topological polar surface area (TPSA) is 67.2 Å². The Morgan fingerprint density at radius 3 is 2.73 bits per heavy atom. The van der Waals surface area contributed by atoms with Crippen molar-refractivity contribution in [3.05, 3.63) is 12.7 Å². The van der Waals surface area contributed by atoms with Gasteiger partial charge in [-0.25, -0.2) is 0 Å². The lowest BCUT2D eigenvalue weighted by molar-refractivity contribution is -0.122. The number of carbonyl (C=O) groups excluding carboxylic acids is 1. The van der Waals surface area contributed by atoms with Crippen molar-refractivity contribution in [1.82, 2.24) is 10.6 Å². The number of carbonyl (C=O) groups is 1. The second kappa shape index (κ2) is 11.7. The van der Waals surface area contributed by atoms with Crippen molar-refractivity contribution in [2.24, 2.45) is 11.7 Å². The van der Waals surface area contributed by atoms with E-state index < -0.39 is 0 Å². The molecule has 2 atom stereocenters. The summed E-state index contributed by atoms with van der Waals surface area (Å²) in [5, 5.41) is 6.46. The number of hydrogen-bond donors (Lipinski definition) is 3. The summed E-state index contributed by atoms with van der Waals surface area (Å²) < 4.78 is 0. The van der Waals surface area contributed by atoms with Crippen molar-refractivity contribution in [2.75, 3.05) is 13.1 Å². The minimum absolute atomic E-state index is 0.111. The van der Waals surface area contributed by atoms with Gasteiger partial charge >= 0.3 is 0 Å². The average molecular weight is 309 g/mol. The van der Waals surface area contributed by atoms with Crippen LogP contribution in [0.1, 0.15) is 64.7 Å². The Balaban J connectivity index is 2.12. The third-order valence-electron chi connectivity index (χ3n) is 4.70. The van der Waals surface area contributed by atoms with E-state index in [1.807, 2.05) is 6.08 Å². The van der Waals surface area contributed by atoms with Crippen molar-refractivity contribution in [2.45, 2.75) is 76.8 Å². The first-order valence-electron chi connectivity index (χ1n) is 9.01. The maximum atomic E-state index is 12.0. The molecule has 128 valence electrons. The lowest BCUT2D eigenvalue weighted by Crippen LogP contribution is -2.40. The first-order valence-corrected chi connectivity index (χ1v) is 9.01. The summed E-state index contributed by atoms with van der Waals surface area (Å²) in [6.45, 7) is 7.29. The van der Waals surface area contributed by atoms with Crippen molar-refractivity contribution < 1.29 is 4.79 Å². The molecule has 22 heavy (non-hydrogen) atoms. The highest BCUT2D eigenvalue weighted by molar-refractivity contribution is 5.76. The first-order chi connectivity index (χ1) is 10.7. The van der Waals surface area contributed by atoms with Crippen LogP contribution in [-0.4, -0.2) is 31.1 Å². The van der Waals surface area contributed by atoms with Crippen LogP contribution in [0.25, 0.3) is 0 Å². The summed E-state index contributed by atoms with van der Waals surface area (Å²) in [6, 6.07) is 0.445. The Bertz CT molecular complexity index is 313. The van der Waals surface area contributed by atoms with E-state index in [2.05, 4.69) is 24.1 Å². The van der Waals surface area contributed by atoms with E-state index in [9.17, 15) is 4.79 Å². The smallest absolute Gasteiger partial charge is 0.220 e. The number of amides is 1. The predicted molar refractivity (Wildman–Crippen MR) is 93.7 cm³/mol. The minimum atomic E-state index is 0.111. The highest BCUT2D eigenvalue weighted by Gasteiger charge is 2.16. The summed E-state index contributed by atoms with van der Waals surface area (Å²) in [5.74, 6) is 0.939. The lowest BCUT2D eigenvalue weighted by Gasteiger charge is -2.22. The zero-order chi connectivity index (χ0) is 16.2.